The van der Waals surface area contributed by atoms with E-state index < -0.39 is 29.6 Å². The minimum atomic E-state index is -1.15. The highest BCUT2D eigenvalue weighted by molar-refractivity contribution is 6.33. The number of amides is 2. The summed E-state index contributed by atoms with van der Waals surface area (Å²) in [5, 5.41) is 11.6. The lowest BCUT2D eigenvalue weighted by Crippen LogP contribution is -2.43. The maximum absolute atomic E-state index is 12.0. The molecule has 2 N–H and O–H groups in total. The summed E-state index contributed by atoms with van der Waals surface area (Å²) < 4.78 is 0. The molecule has 0 bridgehead atoms. The molecule has 1 rings (SSSR count). The fourth-order valence-electron chi connectivity index (χ4n) is 2.47. The van der Waals surface area contributed by atoms with Gasteiger partial charge in [-0.05, 0) is 30.4 Å². The zero-order valence-corrected chi connectivity index (χ0v) is 15.4. The first kappa shape index (κ1) is 21.0. The number of halogens is 1. The van der Waals surface area contributed by atoms with Gasteiger partial charge in [0.25, 0.3) is 5.91 Å². The minimum absolute atomic E-state index is 0.0282. The van der Waals surface area contributed by atoms with Crippen LogP contribution in [-0.2, 0) is 9.59 Å². The lowest BCUT2D eigenvalue weighted by molar-refractivity contribution is -0.313. The van der Waals surface area contributed by atoms with Crippen molar-refractivity contribution in [2.24, 2.45) is 17.8 Å². The van der Waals surface area contributed by atoms with Gasteiger partial charge in [0, 0.05) is 18.3 Å². The normalized spacial score (nSPS) is 13.2. The molecule has 7 heteroatoms. The fraction of sp³-hybridized carbons (Fsp3) is 0.500. The van der Waals surface area contributed by atoms with Gasteiger partial charge in [0.1, 0.15) is 0 Å². The Hall–Kier alpha value is -2.08. The largest absolute Gasteiger partial charge is 0.550 e. The van der Waals surface area contributed by atoms with Gasteiger partial charge in [0.05, 0.1) is 10.6 Å². The Labute approximate surface area is 152 Å². The summed E-state index contributed by atoms with van der Waals surface area (Å²) in [6.45, 7) is 5.71. The first-order valence-corrected chi connectivity index (χ1v) is 8.64. The van der Waals surface area contributed by atoms with E-state index in [9.17, 15) is 19.5 Å². The maximum atomic E-state index is 12.0. The molecule has 0 aromatic heterocycles. The second-order valence-corrected chi connectivity index (χ2v) is 6.97. The number of aliphatic carboxylic acids is 1. The highest BCUT2D eigenvalue weighted by Gasteiger charge is 2.22. The number of carboxylic acid groups (broad SMARTS) is 1. The highest BCUT2D eigenvalue weighted by Crippen LogP contribution is 2.22. The SMILES string of the molecule is CC(C)CC[C@@H](C(=O)[O-])[C@H](C)CC(=O)NNC(=O)c1ccccc1Cl. The summed E-state index contributed by atoms with van der Waals surface area (Å²) in [6, 6.07) is 6.45. The molecule has 0 saturated heterocycles. The van der Waals surface area contributed by atoms with Crippen molar-refractivity contribution in [2.45, 2.75) is 40.0 Å². The van der Waals surface area contributed by atoms with Crippen molar-refractivity contribution in [1.29, 1.82) is 0 Å². The quantitative estimate of drug-likeness (QED) is 0.686. The Morgan fingerprint density at radius 1 is 1.08 bits per heavy atom. The molecule has 2 atom stereocenters. The number of carboxylic acids is 1. The van der Waals surface area contributed by atoms with Gasteiger partial charge >= 0.3 is 0 Å². The zero-order valence-electron chi connectivity index (χ0n) is 14.7. The van der Waals surface area contributed by atoms with E-state index in [4.69, 9.17) is 11.6 Å². The predicted octanol–water partition coefficient (Wildman–Crippen LogP) is 1.93. The number of carbonyl (C=O) groups excluding carboxylic acids is 3. The summed E-state index contributed by atoms with van der Waals surface area (Å²) >= 11 is 5.91. The molecule has 0 aliphatic carbocycles. The van der Waals surface area contributed by atoms with Gasteiger partial charge in [-0.25, -0.2) is 0 Å². The van der Waals surface area contributed by atoms with Crippen LogP contribution >= 0.6 is 11.6 Å². The van der Waals surface area contributed by atoms with Crippen molar-refractivity contribution in [2.75, 3.05) is 0 Å². The van der Waals surface area contributed by atoms with Gasteiger partial charge in [0.15, 0.2) is 0 Å². The lowest BCUT2D eigenvalue weighted by atomic mass is 9.85. The van der Waals surface area contributed by atoms with Crippen molar-refractivity contribution in [3.63, 3.8) is 0 Å². The van der Waals surface area contributed by atoms with Crippen molar-refractivity contribution in [3.05, 3.63) is 34.9 Å². The number of carbonyl (C=O) groups is 3. The first-order valence-electron chi connectivity index (χ1n) is 8.27. The average molecular weight is 368 g/mol. The van der Waals surface area contributed by atoms with Crippen LogP contribution < -0.4 is 16.0 Å². The summed E-state index contributed by atoms with van der Waals surface area (Å²) in [7, 11) is 0. The molecule has 138 valence electrons. The third-order valence-corrected chi connectivity index (χ3v) is 4.32. The van der Waals surface area contributed by atoms with Gasteiger partial charge in [-0.2, -0.15) is 0 Å². The summed E-state index contributed by atoms with van der Waals surface area (Å²) in [5.74, 6) is -2.89. The monoisotopic (exact) mass is 367 g/mol. The van der Waals surface area contributed by atoms with E-state index in [1.54, 1.807) is 25.1 Å². The molecule has 0 unspecified atom stereocenters. The third-order valence-electron chi connectivity index (χ3n) is 3.99. The third kappa shape index (κ3) is 7.13. The molecule has 25 heavy (non-hydrogen) atoms. The van der Waals surface area contributed by atoms with E-state index in [0.717, 1.165) is 6.42 Å². The van der Waals surface area contributed by atoms with Gasteiger partial charge in [0.2, 0.25) is 5.91 Å². The molecule has 0 spiro atoms. The summed E-state index contributed by atoms with van der Waals surface area (Å²) in [4.78, 5) is 35.2. The Kier molecular flexibility index (Phi) is 8.41. The molecule has 2 amide bonds. The average Bonchev–Trinajstić information content (AvgIpc) is 2.52. The molecule has 0 fully saturated rings. The molecular formula is C18H24ClN2O4-. The van der Waals surface area contributed by atoms with Gasteiger partial charge in [-0.1, -0.05) is 50.9 Å². The Bertz CT molecular complexity index is 619. The molecule has 0 aliphatic heterocycles. The van der Waals surface area contributed by atoms with Gasteiger partial charge in [-0.3, -0.25) is 20.4 Å². The standard InChI is InChI=1S/C18H25ClN2O4/c1-11(2)8-9-13(18(24)25)12(3)10-16(22)20-21-17(23)14-6-4-5-7-15(14)19/h4-7,11-13H,8-10H2,1-3H3,(H,20,22)(H,21,23)(H,24,25)/p-1/t12-,13-/m1/s1. The van der Waals surface area contributed by atoms with E-state index in [-0.39, 0.29) is 17.0 Å². The number of hydrogen-bond acceptors (Lipinski definition) is 4. The van der Waals surface area contributed by atoms with E-state index in [2.05, 4.69) is 10.9 Å². The van der Waals surface area contributed by atoms with Crippen LogP contribution in [0.4, 0.5) is 0 Å². The van der Waals surface area contributed by atoms with Crippen LogP contribution in [-0.4, -0.2) is 17.8 Å². The summed E-state index contributed by atoms with van der Waals surface area (Å²) in [5.41, 5.74) is 4.80. The smallest absolute Gasteiger partial charge is 0.271 e. The molecule has 1 aromatic rings. The molecule has 0 heterocycles. The summed E-state index contributed by atoms with van der Waals surface area (Å²) in [6.07, 6.45) is 1.17. The zero-order chi connectivity index (χ0) is 19.0. The second kappa shape index (κ2) is 10.0. The Morgan fingerprint density at radius 3 is 2.28 bits per heavy atom. The van der Waals surface area contributed by atoms with Crippen LogP contribution in [0.1, 0.15) is 50.4 Å². The van der Waals surface area contributed by atoms with Crippen LogP contribution in [0.15, 0.2) is 24.3 Å². The first-order chi connectivity index (χ1) is 11.7. The predicted molar refractivity (Wildman–Crippen MR) is 93.4 cm³/mol. The van der Waals surface area contributed by atoms with Crippen molar-refractivity contribution in [1.82, 2.24) is 10.9 Å². The minimum Gasteiger partial charge on any atom is -0.550 e. The fourth-order valence-corrected chi connectivity index (χ4v) is 2.69. The van der Waals surface area contributed by atoms with Gasteiger partial charge < -0.3 is 9.90 Å². The Balaban J connectivity index is 2.53. The van der Waals surface area contributed by atoms with Gasteiger partial charge in [-0.15, -0.1) is 0 Å². The number of hydrogen-bond donors (Lipinski definition) is 2. The van der Waals surface area contributed by atoms with Crippen LogP contribution in [0, 0.1) is 17.8 Å². The molecule has 0 radical (unpaired) electrons. The van der Waals surface area contributed by atoms with Crippen LogP contribution in [0.5, 0.6) is 0 Å². The van der Waals surface area contributed by atoms with Crippen molar-refractivity contribution >= 4 is 29.4 Å². The van der Waals surface area contributed by atoms with E-state index in [1.807, 2.05) is 13.8 Å². The lowest BCUT2D eigenvalue weighted by Gasteiger charge is -2.25. The van der Waals surface area contributed by atoms with Crippen LogP contribution in [0.3, 0.4) is 0 Å². The van der Waals surface area contributed by atoms with Crippen LogP contribution in [0.25, 0.3) is 0 Å². The molecule has 0 saturated carbocycles. The van der Waals surface area contributed by atoms with E-state index in [1.165, 1.54) is 6.07 Å². The molecule has 0 aliphatic rings. The molecule has 1 aromatic carbocycles. The molecule has 6 nitrogen and oxygen atoms in total. The highest BCUT2D eigenvalue weighted by atomic mass is 35.5. The van der Waals surface area contributed by atoms with E-state index >= 15 is 0 Å². The topological polar surface area (TPSA) is 98.3 Å². The number of rotatable bonds is 8. The van der Waals surface area contributed by atoms with Crippen molar-refractivity contribution < 1.29 is 19.5 Å². The number of benzene rings is 1. The molecular weight excluding hydrogens is 344 g/mol. The number of hydrazine groups is 1. The van der Waals surface area contributed by atoms with Crippen LogP contribution in [0.2, 0.25) is 5.02 Å². The maximum Gasteiger partial charge on any atom is 0.271 e. The second-order valence-electron chi connectivity index (χ2n) is 6.56. The number of nitrogens with one attached hydrogen (secondary N) is 2. The Morgan fingerprint density at radius 2 is 1.72 bits per heavy atom. The van der Waals surface area contributed by atoms with Crippen molar-refractivity contribution in [3.8, 4) is 0 Å². The van der Waals surface area contributed by atoms with E-state index in [0.29, 0.717) is 12.3 Å².